The molecule has 1 N–H and O–H groups in total. The zero-order chi connectivity index (χ0) is 16.4. The molecule has 0 bridgehead atoms. The summed E-state index contributed by atoms with van der Waals surface area (Å²) >= 11 is 0. The van der Waals surface area contributed by atoms with Crippen LogP contribution in [0.1, 0.15) is 41.0 Å². The van der Waals surface area contributed by atoms with Gasteiger partial charge in [-0.25, -0.2) is 4.79 Å². The van der Waals surface area contributed by atoms with E-state index >= 15 is 0 Å². The van der Waals surface area contributed by atoms with Gasteiger partial charge in [0, 0.05) is 17.9 Å². The van der Waals surface area contributed by atoms with Crippen molar-refractivity contribution in [3.63, 3.8) is 0 Å². The summed E-state index contributed by atoms with van der Waals surface area (Å²) in [4.78, 5) is 23.0. The molecule has 0 aromatic carbocycles. The molecule has 0 saturated carbocycles. The Morgan fingerprint density at radius 1 is 1.33 bits per heavy atom. The lowest BCUT2D eigenvalue weighted by molar-refractivity contribution is -0.134. The van der Waals surface area contributed by atoms with E-state index in [2.05, 4.69) is 4.74 Å². The zero-order valence-corrected chi connectivity index (χ0v) is 13.6. The monoisotopic (exact) mass is 292 g/mol. The SMILES string of the molecule is COC(=O)/C=C(C)\C=C(/C)[C@]1(O)C(C)=CC(=O)CC1(C)C. The molecule has 4 nitrogen and oxygen atoms in total. The van der Waals surface area contributed by atoms with Crippen molar-refractivity contribution < 1.29 is 19.4 Å². The Kier molecular flexibility index (Phi) is 4.95. The summed E-state index contributed by atoms with van der Waals surface area (Å²) in [6.45, 7) is 9.08. The highest BCUT2D eigenvalue weighted by molar-refractivity contribution is 5.93. The summed E-state index contributed by atoms with van der Waals surface area (Å²) in [5, 5.41) is 11.2. The van der Waals surface area contributed by atoms with E-state index in [-0.39, 0.29) is 12.2 Å². The lowest BCUT2D eigenvalue weighted by Gasteiger charge is -2.46. The molecule has 116 valence electrons. The zero-order valence-electron chi connectivity index (χ0n) is 13.6. The Morgan fingerprint density at radius 2 is 1.90 bits per heavy atom. The van der Waals surface area contributed by atoms with Gasteiger partial charge >= 0.3 is 5.97 Å². The van der Waals surface area contributed by atoms with Crippen molar-refractivity contribution >= 4 is 11.8 Å². The summed E-state index contributed by atoms with van der Waals surface area (Å²) in [7, 11) is 1.32. The van der Waals surface area contributed by atoms with Crippen LogP contribution >= 0.6 is 0 Å². The third kappa shape index (κ3) is 3.32. The van der Waals surface area contributed by atoms with Crippen LogP contribution in [0, 0.1) is 5.41 Å². The van der Waals surface area contributed by atoms with E-state index in [1.807, 2.05) is 20.8 Å². The standard InChI is InChI=1S/C17H24O4/c1-11(8-15(19)21-6)7-12(2)17(20)13(3)9-14(18)10-16(17,4)5/h7-9,20H,10H2,1-6H3/b11-8-,12-7+/t17-/m0/s1. The number of ether oxygens (including phenoxy) is 1. The average molecular weight is 292 g/mol. The molecule has 1 aliphatic rings. The van der Waals surface area contributed by atoms with Gasteiger partial charge in [-0.15, -0.1) is 0 Å². The van der Waals surface area contributed by atoms with Crippen molar-refractivity contribution in [2.45, 2.75) is 46.6 Å². The van der Waals surface area contributed by atoms with Crippen molar-refractivity contribution in [2.75, 3.05) is 7.11 Å². The fraction of sp³-hybridized carbons (Fsp3) is 0.529. The molecular formula is C17H24O4. The summed E-state index contributed by atoms with van der Waals surface area (Å²) in [5.41, 5.74) is 0.212. The number of esters is 1. The van der Waals surface area contributed by atoms with Crippen LogP contribution in [0.2, 0.25) is 0 Å². The van der Waals surface area contributed by atoms with Crippen LogP contribution in [-0.2, 0) is 14.3 Å². The molecule has 0 aliphatic heterocycles. The van der Waals surface area contributed by atoms with Crippen LogP contribution in [0.5, 0.6) is 0 Å². The summed E-state index contributed by atoms with van der Waals surface area (Å²) in [5.74, 6) is -0.411. The molecule has 1 aliphatic carbocycles. The smallest absolute Gasteiger partial charge is 0.330 e. The molecule has 0 amide bonds. The van der Waals surface area contributed by atoms with E-state index in [1.165, 1.54) is 19.3 Å². The normalized spacial score (nSPS) is 26.4. The highest BCUT2D eigenvalue weighted by Gasteiger charge is 2.49. The lowest BCUT2D eigenvalue weighted by atomic mass is 9.61. The molecule has 1 atom stereocenters. The maximum atomic E-state index is 11.7. The largest absolute Gasteiger partial charge is 0.466 e. The average Bonchev–Trinajstić information content (AvgIpc) is 2.34. The van der Waals surface area contributed by atoms with Gasteiger partial charge in [0.05, 0.1) is 7.11 Å². The third-order valence-electron chi connectivity index (χ3n) is 4.11. The number of ketones is 1. The van der Waals surface area contributed by atoms with Crippen molar-refractivity contribution in [3.05, 3.63) is 34.9 Å². The van der Waals surface area contributed by atoms with Gasteiger partial charge in [0.1, 0.15) is 5.60 Å². The summed E-state index contributed by atoms with van der Waals surface area (Å²) in [6, 6.07) is 0. The number of allylic oxidation sites excluding steroid dienone is 3. The minimum atomic E-state index is -1.20. The van der Waals surface area contributed by atoms with E-state index in [1.54, 1.807) is 19.9 Å². The van der Waals surface area contributed by atoms with E-state index < -0.39 is 17.0 Å². The van der Waals surface area contributed by atoms with Crippen molar-refractivity contribution in [2.24, 2.45) is 5.41 Å². The highest BCUT2D eigenvalue weighted by atomic mass is 16.5. The summed E-state index contributed by atoms with van der Waals surface area (Å²) in [6.07, 6.45) is 4.91. The number of rotatable bonds is 3. The fourth-order valence-electron chi connectivity index (χ4n) is 3.07. The first-order valence-corrected chi connectivity index (χ1v) is 6.93. The van der Waals surface area contributed by atoms with Gasteiger partial charge in [-0.2, -0.15) is 0 Å². The van der Waals surface area contributed by atoms with Crippen LogP contribution < -0.4 is 0 Å². The molecular weight excluding hydrogens is 268 g/mol. The molecule has 21 heavy (non-hydrogen) atoms. The van der Waals surface area contributed by atoms with Gasteiger partial charge in [0.15, 0.2) is 5.78 Å². The van der Waals surface area contributed by atoms with E-state index in [4.69, 9.17) is 0 Å². The van der Waals surface area contributed by atoms with Crippen LogP contribution in [0.15, 0.2) is 34.9 Å². The number of hydrogen-bond acceptors (Lipinski definition) is 4. The predicted molar refractivity (Wildman–Crippen MR) is 81.6 cm³/mol. The Labute approximate surface area is 126 Å². The Morgan fingerprint density at radius 3 is 2.38 bits per heavy atom. The molecule has 0 heterocycles. The van der Waals surface area contributed by atoms with Crippen LogP contribution in [0.3, 0.4) is 0 Å². The number of carbonyl (C=O) groups is 2. The first kappa shape index (κ1) is 17.4. The van der Waals surface area contributed by atoms with Gasteiger partial charge in [-0.1, -0.05) is 19.9 Å². The van der Waals surface area contributed by atoms with Gasteiger partial charge in [-0.05, 0) is 43.6 Å². The number of aliphatic hydroxyl groups is 1. The van der Waals surface area contributed by atoms with E-state index in [0.29, 0.717) is 16.7 Å². The molecule has 4 heteroatoms. The van der Waals surface area contributed by atoms with Crippen molar-refractivity contribution in [1.82, 2.24) is 0 Å². The molecule has 0 saturated heterocycles. The van der Waals surface area contributed by atoms with Gasteiger partial charge in [-0.3, -0.25) is 4.79 Å². The van der Waals surface area contributed by atoms with Gasteiger partial charge in [0.2, 0.25) is 0 Å². The summed E-state index contributed by atoms with van der Waals surface area (Å²) < 4.78 is 4.59. The van der Waals surface area contributed by atoms with E-state index in [0.717, 1.165) is 0 Å². The fourth-order valence-corrected chi connectivity index (χ4v) is 3.07. The quantitative estimate of drug-likeness (QED) is 0.493. The van der Waals surface area contributed by atoms with Crippen LogP contribution in [0.4, 0.5) is 0 Å². The second kappa shape index (κ2) is 5.98. The Hall–Kier alpha value is -1.68. The van der Waals surface area contributed by atoms with Gasteiger partial charge < -0.3 is 9.84 Å². The second-order valence-corrected chi connectivity index (χ2v) is 6.30. The molecule has 0 radical (unpaired) electrons. The number of methoxy groups -OCH3 is 1. The van der Waals surface area contributed by atoms with Crippen molar-refractivity contribution in [3.8, 4) is 0 Å². The van der Waals surface area contributed by atoms with E-state index in [9.17, 15) is 14.7 Å². The molecule has 1 rings (SSSR count). The molecule has 0 fully saturated rings. The first-order valence-electron chi connectivity index (χ1n) is 6.93. The van der Waals surface area contributed by atoms with Gasteiger partial charge in [0.25, 0.3) is 0 Å². The minimum absolute atomic E-state index is 0.0248. The lowest BCUT2D eigenvalue weighted by Crippen LogP contribution is -2.50. The second-order valence-electron chi connectivity index (χ2n) is 6.30. The Bertz CT molecular complexity index is 549. The maximum absolute atomic E-state index is 11.7. The van der Waals surface area contributed by atoms with Crippen molar-refractivity contribution in [1.29, 1.82) is 0 Å². The predicted octanol–water partition coefficient (Wildman–Crippen LogP) is 2.73. The minimum Gasteiger partial charge on any atom is -0.466 e. The molecule has 0 aromatic heterocycles. The highest BCUT2D eigenvalue weighted by Crippen LogP contribution is 2.47. The third-order valence-corrected chi connectivity index (χ3v) is 4.11. The number of hydrogen-bond donors (Lipinski definition) is 1. The first-order chi connectivity index (χ1) is 9.54. The van der Waals surface area contributed by atoms with Crippen LogP contribution in [-0.4, -0.2) is 29.6 Å². The molecule has 0 unspecified atom stereocenters. The molecule has 0 aromatic rings. The maximum Gasteiger partial charge on any atom is 0.330 e. The Balaban J connectivity index is 3.28. The number of carbonyl (C=O) groups excluding carboxylic acids is 2. The molecule has 0 spiro atoms. The topological polar surface area (TPSA) is 63.6 Å². The van der Waals surface area contributed by atoms with Crippen LogP contribution in [0.25, 0.3) is 0 Å².